The van der Waals surface area contributed by atoms with Gasteiger partial charge in [-0.25, -0.2) is 4.79 Å². The lowest BCUT2D eigenvalue weighted by molar-refractivity contribution is -0.121. The maximum Gasteiger partial charge on any atom is 0.366 e. The van der Waals surface area contributed by atoms with Gasteiger partial charge in [0.05, 0.1) is 16.3 Å². The van der Waals surface area contributed by atoms with Crippen molar-refractivity contribution in [3.63, 3.8) is 0 Å². The Bertz CT molecular complexity index is 965. The minimum absolute atomic E-state index is 0.0918. The molecule has 0 saturated carbocycles. The Hall–Kier alpha value is -2.34. The summed E-state index contributed by atoms with van der Waals surface area (Å²) in [6, 6.07) is 10.1. The second-order valence-corrected chi connectivity index (χ2v) is 7.66. The average molecular weight is 387 g/mol. The third-order valence-electron chi connectivity index (χ3n) is 4.62. The first-order valence-corrected chi connectivity index (χ1v) is 9.44. The maximum atomic E-state index is 12.3. The van der Waals surface area contributed by atoms with Crippen LogP contribution in [0.1, 0.15) is 44.9 Å². The molecule has 1 heterocycles. The molecule has 1 amide bonds. The van der Waals surface area contributed by atoms with Crippen LogP contribution in [0.15, 0.2) is 39.6 Å². The highest BCUT2D eigenvalue weighted by Crippen LogP contribution is 2.27. The van der Waals surface area contributed by atoms with E-state index >= 15 is 0 Å². The predicted octanol–water partition coefficient (Wildman–Crippen LogP) is 2.05. The zero-order chi connectivity index (χ0) is 20.0. The number of carbonyl (C=O) groups is 1. The third kappa shape index (κ3) is 5.57. The van der Waals surface area contributed by atoms with Gasteiger partial charge in [-0.2, -0.15) is 12.6 Å². The lowest BCUT2D eigenvalue weighted by Crippen LogP contribution is -2.43. The van der Waals surface area contributed by atoms with E-state index in [4.69, 9.17) is 4.52 Å². The number of nitrogens with zero attached hydrogens (tertiary/aromatic N) is 1. The largest absolute Gasteiger partial charge is 0.366 e. The molecule has 0 fully saturated rings. The predicted molar refractivity (Wildman–Crippen MR) is 111 cm³/mol. The van der Waals surface area contributed by atoms with Gasteiger partial charge >= 0.3 is 5.63 Å². The lowest BCUT2D eigenvalue weighted by Gasteiger charge is -2.25. The van der Waals surface area contributed by atoms with Crippen molar-refractivity contribution in [2.24, 2.45) is 0 Å². The number of thiol groups is 1. The van der Waals surface area contributed by atoms with Gasteiger partial charge < -0.3 is 9.84 Å². The van der Waals surface area contributed by atoms with E-state index < -0.39 is 11.0 Å². The number of aryl methyl sites for hydroxylation is 1. The zero-order valence-electron chi connectivity index (χ0n) is 16.2. The summed E-state index contributed by atoms with van der Waals surface area (Å²) in [5.74, 6) is -0.0918. The van der Waals surface area contributed by atoms with Crippen LogP contribution in [-0.4, -0.2) is 16.4 Å². The van der Waals surface area contributed by atoms with Crippen LogP contribution in [0.3, 0.4) is 0 Å². The van der Waals surface area contributed by atoms with Gasteiger partial charge in [-0.3, -0.25) is 4.79 Å². The Morgan fingerprint density at radius 3 is 2.59 bits per heavy atom. The zero-order valence-corrected chi connectivity index (χ0v) is 17.0. The highest BCUT2D eigenvalue weighted by Gasteiger charge is 2.21. The van der Waals surface area contributed by atoms with E-state index in [1.807, 2.05) is 18.2 Å². The Morgan fingerprint density at radius 1 is 1.30 bits per heavy atom. The molecule has 1 N–H and O–H groups in total. The summed E-state index contributed by atoms with van der Waals surface area (Å²) in [7, 11) is 0. The monoisotopic (exact) mass is 386 g/mol. The Balaban J connectivity index is 2.07. The molecule has 1 aromatic heterocycles. The summed E-state index contributed by atoms with van der Waals surface area (Å²) in [4.78, 5) is 24.1. The lowest BCUT2D eigenvalue weighted by atomic mass is 9.80. The van der Waals surface area contributed by atoms with Crippen molar-refractivity contribution in [1.29, 1.82) is 0 Å². The molecule has 0 bridgehead atoms. The van der Waals surface area contributed by atoms with Crippen molar-refractivity contribution in [3.05, 3.63) is 62.4 Å². The summed E-state index contributed by atoms with van der Waals surface area (Å²) in [6.07, 6.45) is 4.47. The normalized spacial score (nSPS) is 14.3. The van der Waals surface area contributed by atoms with Crippen LogP contribution in [0.5, 0.6) is 0 Å². The fourth-order valence-electron chi connectivity index (χ4n) is 2.89. The highest BCUT2D eigenvalue weighted by atomic mass is 32.1. The van der Waals surface area contributed by atoms with E-state index in [-0.39, 0.29) is 11.3 Å². The fourth-order valence-corrected chi connectivity index (χ4v) is 3.19. The first-order valence-electron chi connectivity index (χ1n) is 8.92. The summed E-state index contributed by atoms with van der Waals surface area (Å²) >= 11 is 4.42. The van der Waals surface area contributed by atoms with Gasteiger partial charge in [0.2, 0.25) is 5.91 Å². The molecule has 27 heavy (non-hydrogen) atoms. The quantitative estimate of drug-likeness (QED) is 0.589. The van der Waals surface area contributed by atoms with Crippen LogP contribution < -0.4 is 21.4 Å². The van der Waals surface area contributed by atoms with Gasteiger partial charge in [-0.05, 0) is 37.3 Å². The second kappa shape index (κ2) is 9.04. The molecule has 5 nitrogen and oxygen atoms in total. The van der Waals surface area contributed by atoms with Crippen molar-refractivity contribution >= 4 is 30.7 Å². The van der Waals surface area contributed by atoms with Crippen molar-refractivity contribution in [2.75, 3.05) is 0 Å². The number of carbonyl (C=O) groups excluding carboxylic acids is 1. The van der Waals surface area contributed by atoms with Gasteiger partial charge in [0.1, 0.15) is 0 Å². The smallest absolute Gasteiger partial charge is 0.341 e. The van der Waals surface area contributed by atoms with Crippen LogP contribution in [0.2, 0.25) is 0 Å². The Labute approximate surface area is 164 Å². The van der Waals surface area contributed by atoms with Crippen LogP contribution in [0.4, 0.5) is 0 Å². The number of hydrogen-bond acceptors (Lipinski definition) is 5. The number of aromatic nitrogens is 1. The first-order chi connectivity index (χ1) is 12.7. The number of rotatable bonds is 6. The molecule has 1 unspecified atom stereocenters. The molecule has 2 rings (SSSR count). The first kappa shape index (κ1) is 21.0. The summed E-state index contributed by atoms with van der Waals surface area (Å²) in [5, 5.41) is 7.09. The average Bonchev–Trinajstić information content (AvgIpc) is 2.64. The topological polar surface area (TPSA) is 72.2 Å². The second-order valence-electron chi connectivity index (χ2n) is 7.10. The van der Waals surface area contributed by atoms with E-state index in [9.17, 15) is 9.59 Å². The number of hydrogen-bond donors (Lipinski definition) is 2. The fraction of sp³-hybridized carbons (Fsp3) is 0.381. The Morgan fingerprint density at radius 2 is 1.96 bits per heavy atom. The summed E-state index contributed by atoms with van der Waals surface area (Å²) in [5.41, 5.74) is 1.16. The molecule has 0 aliphatic carbocycles. The van der Waals surface area contributed by atoms with Crippen molar-refractivity contribution in [2.45, 2.75) is 51.3 Å². The minimum Gasteiger partial charge on any atom is -0.341 e. The SMILES string of the molecule is C/C=c1/c(=O)onc(C)/c1=C/C(S)NC(=O)CCC(C)(C)c1ccccc1. The van der Waals surface area contributed by atoms with E-state index in [1.165, 1.54) is 5.56 Å². The van der Waals surface area contributed by atoms with E-state index in [1.54, 1.807) is 26.0 Å². The van der Waals surface area contributed by atoms with Gasteiger partial charge in [0.25, 0.3) is 0 Å². The van der Waals surface area contributed by atoms with Crippen LogP contribution in [-0.2, 0) is 10.2 Å². The molecule has 6 heteroatoms. The molecule has 1 aromatic carbocycles. The van der Waals surface area contributed by atoms with Crippen LogP contribution in [0.25, 0.3) is 12.2 Å². The van der Waals surface area contributed by atoms with Crippen LogP contribution >= 0.6 is 12.6 Å². The van der Waals surface area contributed by atoms with Crippen molar-refractivity contribution in [3.8, 4) is 0 Å². The molecule has 2 aromatic rings. The molecule has 0 aliphatic rings. The molecule has 144 valence electrons. The number of amides is 1. The Kier molecular flexibility index (Phi) is 7.02. The van der Waals surface area contributed by atoms with Gasteiger partial charge in [0.15, 0.2) is 0 Å². The number of benzene rings is 1. The standard InChI is InChI=1S/C21H26N2O3S/c1-5-16-17(14(2)23-26-20(16)25)13-19(27)22-18(24)11-12-21(3,4)15-9-7-6-8-10-15/h5-10,13,19,27H,11-12H2,1-4H3,(H,22,24)/b16-5+,17-13-. The molecule has 0 radical (unpaired) electrons. The van der Waals surface area contributed by atoms with Gasteiger partial charge in [-0.15, -0.1) is 0 Å². The van der Waals surface area contributed by atoms with E-state index in [0.29, 0.717) is 29.0 Å². The van der Waals surface area contributed by atoms with Gasteiger partial charge in [-0.1, -0.05) is 55.4 Å². The molecular weight excluding hydrogens is 360 g/mol. The molecular formula is C21H26N2O3S. The third-order valence-corrected chi connectivity index (χ3v) is 4.90. The number of nitrogens with one attached hydrogen (secondary N) is 1. The summed E-state index contributed by atoms with van der Waals surface area (Å²) in [6.45, 7) is 7.75. The van der Waals surface area contributed by atoms with Gasteiger partial charge in [0, 0.05) is 11.6 Å². The molecule has 1 atom stereocenters. The van der Waals surface area contributed by atoms with E-state index in [2.05, 4.69) is 49.1 Å². The minimum atomic E-state index is -0.529. The maximum absolute atomic E-state index is 12.3. The molecule has 0 aliphatic heterocycles. The van der Waals surface area contributed by atoms with Crippen molar-refractivity contribution in [1.82, 2.24) is 10.5 Å². The highest BCUT2D eigenvalue weighted by molar-refractivity contribution is 7.81. The van der Waals surface area contributed by atoms with Crippen molar-refractivity contribution < 1.29 is 9.32 Å². The molecule has 0 saturated heterocycles. The van der Waals surface area contributed by atoms with Crippen LogP contribution in [0, 0.1) is 6.92 Å². The molecule has 0 spiro atoms. The van der Waals surface area contributed by atoms with E-state index in [0.717, 1.165) is 0 Å². The summed E-state index contributed by atoms with van der Waals surface area (Å²) < 4.78 is 4.73.